The van der Waals surface area contributed by atoms with Crippen molar-refractivity contribution in [2.24, 2.45) is 5.73 Å². The van der Waals surface area contributed by atoms with Gasteiger partial charge in [0.15, 0.2) is 0 Å². The van der Waals surface area contributed by atoms with Gasteiger partial charge in [-0.05, 0) is 61.3 Å². The molecule has 0 atom stereocenters. The summed E-state index contributed by atoms with van der Waals surface area (Å²) in [5.41, 5.74) is 7.39. The van der Waals surface area contributed by atoms with Crippen LogP contribution in [-0.4, -0.2) is 18.4 Å². The summed E-state index contributed by atoms with van der Waals surface area (Å²) in [5, 5.41) is 5.59. The van der Waals surface area contributed by atoms with Crippen molar-refractivity contribution in [2.75, 3.05) is 11.9 Å². The molecule has 4 N–H and O–H groups in total. The molecule has 0 radical (unpaired) electrons. The van der Waals surface area contributed by atoms with Gasteiger partial charge in [-0.2, -0.15) is 0 Å². The first kappa shape index (κ1) is 20.6. The molecule has 27 heavy (non-hydrogen) atoms. The zero-order valence-electron chi connectivity index (χ0n) is 15.3. The topological polar surface area (TPSA) is 84.2 Å². The van der Waals surface area contributed by atoms with Crippen molar-refractivity contribution in [3.63, 3.8) is 0 Å². The molecule has 0 spiro atoms. The fourth-order valence-corrected chi connectivity index (χ4v) is 2.58. The first-order valence-corrected chi connectivity index (χ1v) is 9.21. The summed E-state index contributed by atoms with van der Waals surface area (Å²) in [6.07, 6.45) is 4.47. The Morgan fingerprint density at radius 3 is 2.22 bits per heavy atom. The Bertz CT molecular complexity index is 730. The van der Waals surface area contributed by atoms with E-state index in [0.717, 1.165) is 31.2 Å². The Balaban J connectivity index is 1.75. The van der Waals surface area contributed by atoms with Crippen LogP contribution >= 0.6 is 0 Å². The first-order valence-electron chi connectivity index (χ1n) is 9.21. The van der Waals surface area contributed by atoms with Gasteiger partial charge in [0.05, 0.1) is 0 Å². The van der Waals surface area contributed by atoms with E-state index in [4.69, 9.17) is 5.73 Å². The molecule has 0 aliphatic heterocycles. The summed E-state index contributed by atoms with van der Waals surface area (Å²) in [4.78, 5) is 24.0. The minimum atomic E-state index is -0.352. The van der Waals surface area contributed by atoms with Crippen LogP contribution in [0.15, 0.2) is 48.5 Å². The van der Waals surface area contributed by atoms with E-state index < -0.39 is 0 Å². The van der Waals surface area contributed by atoms with E-state index in [2.05, 4.69) is 10.6 Å². The summed E-state index contributed by atoms with van der Waals surface area (Å²) < 4.78 is 12.9. The molecule has 6 heteroatoms. The number of amides is 2. The molecule has 0 saturated heterocycles. The molecule has 0 aliphatic carbocycles. The van der Waals surface area contributed by atoms with Crippen LogP contribution in [-0.2, 0) is 11.3 Å². The van der Waals surface area contributed by atoms with Gasteiger partial charge in [-0.15, -0.1) is 0 Å². The highest BCUT2D eigenvalue weighted by molar-refractivity contribution is 6.04. The second-order valence-corrected chi connectivity index (χ2v) is 6.39. The number of benzene rings is 2. The van der Waals surface area contributed by atoms with Crippen LogP contribution in [0.2, 0.25) is 0 Å². The van der Waals surface area contributed by atoms with Crippen LogP contribution in [0.5, 0.6) is 0 Å². The number of hydrogen-bond donors (Lipinski definition) is 3. The van der Waals surface area contributed by atoms with Gasteiger partial charge in [-0.25, -0.2) is 4.39 Å². The van der Waals surface area contributed by atoms with E-state index >= 15 is 0 Å². The van der Waals surface area contributed by atoms with Crippen LogP contribution in [0, 0.1) is 5.82 Å². The average Bonchev–Trinajstić information content (AvgIpc) is 2.68. The Hall–Kier alpha value is -2.73. The zero-order valence-corrected chi connectivity index (χ0v) is 15.3. The lowest BCUT2D eigenvalue weighted by atomic mass is 10.1. The molecule has 5 nitrogen and oxygen atoms in total. The molecule has 0 unspecified atom stereocenters. The van der Waals surface area contributed by atoms with Crippen LogP contribution in [0.3, 0.4) is 0 Å². The maximum atomic E-state index is 12.9. The van der Waals surface area contributed by atoms with E-state index in [1.807, 2.05) is 0 Å². The predicted molar refractivity (Wildman–Crippen MR) is 105 cm³/mol. The number of halogens is 1. The Labute approximate surface area is 159 Å². The van der Waals surface area contributed by atoms with Gasteiger partial charge in [0.25, 0.3) is 5.91 Å². The maximum Gasteiger partial charge on any atom is 0.255 e. The number of carbonyl (C=O) groups excluding carboxylic acids is 2. The van der Waals surface area contributed by atoms with Crippen LogP contribution < -0.4 is 16.4 Å². The number of nitrogens with two attached hydrogens (primary N) is 1. The fraction of sp³-hybridized carbons (Fsp3) is 0.333. The van der Waals surface area contributed by atoms with Gasteiger partial charge < -0.3 is 16.4 Å². The zero-order chi connectivity index (χ0) is 19.5. The van der Waals surface area contributed by atoms with Gasteiger partial charge in [0.2, 0.25) is 5.91 Å². The van der Waals surface area contributed by atoms with Crippen molar-refractivity contribution in [3.05, 3.63) is 65.5 Å². The highest BCUT2D eigenvalue weighted by Gasteiger charge is 2.07. The minimum Gasteiger partial charge on any atom is -0.352 e. The molecule has 2 aromatic rings. The third-order valence-corrected chi connectivity index (χ3v) is 4.17. The van der Waals surface area contributed by atoms with Crippen molar-refractivity contribution in [1.29, 1.82) is 0 Å². The molecule has 0 heterocycles. The summed E-state index contributed by atoms with van der Waals surface area (Å²) in [7, 11) is 0. The predicted octanol–water partition coefficient (Wildman–Crippen LogP) is 3.60. The molecule has 0 fully saturated rings. The average molecular weight is 371 g/mol. The summed E-state index contributed by atoms with van der Waals surface area (Å²) in [6, 6.07) is 12.6. The third kappa shape index (κ3) is 7.58. The second-order valence-electron chi connectivity index (χ2n) is 6.39. The van der Waals surface area contributed by atoms with Crippen molar-refractivity contribution >= 4 is 17.5 Å². The smallest absolute Gasteiger partial charge is 0.255 e. The maximum absolute atomic E-state index is 12.9. The number of anilines is 1. The number of hydrogen-bond acceptors (Lipinski definition) is 3. The molecule has 0 bridgehead atoms. The van der Waals surface area contributed by atoms with Gasteiger partial charge >= 0.3 is 0 Å². The van der Waals surface area contributed by atoms with E-state index in [1.165, 1.54) is 24.3 Å². The van der Waals surface area contributed by atoms with E-state index in [-0.39, 0.29) is 17.6 Å². The van der Waals surface area contributed by atoms with E-state index in [9.17, 15) is 14.0 Å². The van der Waals surface area contributed by atoms with Crippen molar-refractivity contribution < 1.29 is 14.0 Å². The first-order chi connectivity index (χ1) is 13.1. The lowest BCUT2D eigenvalue weighted by Gasteiger charge is -2.08. The Morgan fingerprint density at radius 2 is 1.56 bits per heavy atom. The molecule has 2 aromatic carbocycles. The standard InChI is InChI=1S/C21H26FN3O2/c22-18-10-12-19(13-11-18)25-21(27)17-8-6-16(7-9-17)15-24-20(26)5-3-1-2-4-14-23/h6-13H,1-5,14-15,23H2,(H,24,26)(H,25,27). The third-order valence-electron chi connectivity index (χ3n) is 4.17. The molecular weight excluding hydrogens is 345 g/mol. The van der Waals surface area contributed by atoms with E-state index in [1.54, 1.807) is 24.3 Å². The second kappa shape index (κ2) is 11.1. The number of rotatable bonds is 10. The van der Waals surface area contributed by atoms with Gasteiger partial charge in [0.1, 0.15) is 5.82 Å². The highest BCUT2D eigenvalue weighted by atomic mass is 19.1. The number of carbonyl (C=O) groups is 2. The quantitative estimate of drug-likeness (QED) is 0.558. The Kier molecular flexibility index (Phi) is 8.45. The van der Waals surface area contributed by atoms with Crippen molar-refractivity contribution in [2.45, 2.75) is 38.6 Å². The highest BCUT2D eigenvalue weighted by Crippen LogP contribution is 2.11. The molecular formula is C21H26FN3O2. The van der Waals surface area contributed by atoms with Crippen LogP contribution in [0.25, 0.3) is 0 Å². The molecule has 0 aromatic heterocycles. The minimum absolute atomic E-state index is 0.0286. The molecule has 2 rings (SSSR count). The largest absolute Gasteiger partial charge is 0.352 e. The molecule has 0 saturated carbocycles. The Morgan fingerprint density at radius 1 is 0.889 bits per heavy atom. The summed E-state index contributed by atoms with van der Waals surface area (Å²) >= 11 is 0. The number of nitrogens with one attached hydrogen (secondary N) is 2. The lowest BCUT2D eigenvalue weighted by Crippen LogP contribution is -2.22. The number of unbranched alkanes of at least 4 members (excludes halogenated alkanes) is 3. The normalized spacial score (nSPS) is 10.4. The summed E-state index contributed by atoms with van der Waals surface area (Å²) in [6.45, 7) is 1.13. The van der Waals surface area contributed by atoms with Crippen LogP contribution in [0.1, 0.15) is 48.0 Å². The summed E-state index contributed by atoms with van der Waals surface area (Å²) in [5.74, 6) is -0.592. The molecule has 2 amide bonds. The SMILES string of the molecule is NCCCCCCC(=O)NCc1ccc(C(=O)Nc2ccc(F)cc2)cc1. The van der Waals surface area contributed by atoms with Gasteiger partial charge in [-0.3, -0.25) is 9.59 Å². The van der Waals surface area contributed by atoms with E-state index in [0.29, 0.717) is 30.8 Å². The van der Waals surface area contributed by atoms with Crippen LogP contribution in [0.4, 0.5) is 10.1 Å². The van der Waals surface area contributed by atoms with Gasteiger partial charge in [0, 0.05) is 24.2 Å². The molecule has 0 aliphatic rings. The van der Waals surface area contributed by atoms with Crippen molar-refractivity contribution in [3.8, 4) is 0 Å². The lowest BCUT2D eigenvalue weighted by molar-refractivity contribution is -0.121. The fourth-order valence-electron chi connectivity index (χ4n) is 2.58. The van der Waals surface area contributed by atoms with Gasteiger partial charge in [-0.1, -0.05) is 25.0 Å². The molecule has 144 valence electrons. The van der Waals surface area contributed by atoms with Crippen molar-refractivity contribution in [1.82, 2.24) is 5.32 Å². The monoisotopic (exact) mass is 371 g/mol.